The van der Waals surface area contributed by atoms with Crippen LogP contribution in [0.1, 0.15) is 36.8 Å². The SMILES string of the molecule is CCC[C@@](O)(c1ccc(Cl)cc1)[C@H](CN1CCOCC1)c1ccccc1. The maximum Gasteiger partial charge on any atom is 0.0976 e. The molecule has 3 rings (SSSR count). The van der Waals surface area contributed by atoms with Gasteiger partial charge in [0.15, 0.2) is 0 Å². The Kier molecular flexibility index (Phi) is 6.71. The molecular weight excluding hydrogens is 346 g/mol. The summed E-state index contributed by atoms with van der Waals surface area (Å²) in [5, 5.41) is 12.6. The van der Waals surface area contributed by atoms with Crippen LogP contribution in [0.5, 0.6) is 0 Å². The highest BCUT2D eigenvalue weighted by atomic mass is 35.5. The van der Waals surface area contributed by atoms with Crippen LogP contribution in [0.25, 0.3) is 0 Å². The lowest BCUT2D eigenvalue weighted by atomic mass is 9.74. The van der Waals surface area contributed by atoms with Gasteiger partial charge in [-0.1, -0.05) is 67.4 Å². The van der Waals surface area contributed by atoms with Gasteiger partial charge in [-0.2, -0.15) is 0 Å². The minimum Gasteiger partial charge on any atom is -0.384 e. The van der Waals surface area contributed by atoms with Gasteiger partial charge in [0.1, 0.15) is 0 Å². The minimum absolute atomic E-state index is 0.0112. The topological polar surface area (TPSA) is 32.7 Å². The van der Waals surface area contributed by atoms with Crippen LogP contribution in [0.2, 0.25) is 5.02 Å². The molecule has 1 fully saturated rings. The van der Waals surface area contributed by atoms with Crippen molar-refractivity contribution in [2.24, 2.45) is 0 Å². The second-order valence-corrected chi connectivity index (χ2v) is 7.49. The Hall–Kier alpha value is -1.39. The third-order valence-electron chi connectivity index (χ3n) is 5.30. The second kappa shape index (κ2) is 9.01. The maximum atomic E-state index is 11.9. The molecule has 3 nitrogen and oxygen atoms in total. The maximum absolute atomic E-state index is 11.9. The van der Waals surface area contributed by atoms with Gasteiger partial charge in [-0.15, -0.1) is 0 Å². The van der Waals surface area contributed by atoms with Crippen molar-refractivity contribution in [1.29, 1.82) is 0 Å². The fourth-order valence-corrected chi connectivity index (χ4v) is 4.02. The van der Waals surface area contributed by atoms with Crippen LogP contribution in [-0.4, -0.2) is 42.9 Å². The largest absolute Gasteiger partial charge is 0.384 e. The van der Waals surface area contributed by atoms with Crippen LogP contribution < -0.4 is 0 Å². The molecule has 2 aromatic rings. The molecule has 0 bridgehead atoms. The first-order valence-corrected chi connectivity index (χ1v) is 9.84. The molecule has 1 saturated heterocycles. The first-order chi connectivity index (χ1) is 12.6. The van der Waals surface area contributed by atoms with Crippen molar-refractivity contribution in [3.05, 3.63) is 70.7 Å². The summed E-state index contributed by atoms with van der Waals surface area (Å²) in [4.78, 5) is 2.40. The molecule has 2 aromatic carbocycles. The van der Waals surface area contributed by atoms with E-state index in [1.54, 1.807) is 0 Å². The summed E-state index contributed by atoms with van der Waals surface area (Å²) in [6.07, 6.45) is 1.62. The van der Waals surface area contributed by atoms with Gasteiger partial charge in [0.05, 0.1) is 18.8 Å². The van der Waals surface area contributed by atoms with Gasteiger partial charge in [0.25, 0.3) is 0 Å². The Labute approximate surface area is 161 Å². The number of rotatable bonds is 7. The Balaban J connectivity index is 1.99. The van der Waals surface area contributed by atoms with Crippen molar-refractivity contribution < 1.29 is 9.84 Å². The van der Waals surface area contributed by atoms with E-state index in [9.17, 15) is 5.11 Å². The standard InChI is InChI=1S/C22H28ClNO2/c1-2-12-22(25,19-8-10-20(23)11-9-19)21(18-6-4-3-5-7-18)17-24-13-15-26-16-14-24/h3-11,21,25H,2,12-17H2,1H3/t21-,22-/m1/s1. The summed E-state index contributed by atoms with van der Waals surface area (Å²) in [6.45, 7) is 6.27. The van der Waals surface area contributed by atoms with Crippen LogP contribution in [0, 0.1) is 0 Å². The predicted octanol–water partition coefficient (Wildman–Crippen LogP) is 4.44. The van der Waals surface area contributed by atoms with Crippen LogP contribution >= 0.6 is 11.6 Å². The van der Waals surface area contributed by atoms with Crippen LogP contribution in [0.3, 0.4) is 0 Å². The number of benzene rings is 2. The zero-order valence-electron chi connectivity index (χ0n) is 15.4. The van der Waals surface area contributed by atoms with Gasteiger partial charge in [0, 0.05) is 30.6 Å². The average molecular weight is 374 g/mol. The lowest BCUT2D eigenvalue weighted by Gasteiger charge is -2.41. The average Bonchev–Trinajstić information content (AvgIpc) is 2.68. The van der Waals surface area contributed by atoms with E-state index in [1.807, 2.05) is 30.3 Å². The molecule has 26 heavy (non-hydrogen) atoms. The number of aliphatic hydroxyl groups is 1. The lowest BCUT2D eigenvalue weighted by molar-refractivity contribution is -0.0285. The van der Waals surface area contributed by atoms with Crippen LogP contribution in [0.4, 0.5) is 0 Å². The van der Waals surface area contributed by atoms with Gasteiger partial charge < -0.3 is 9.84 Å². The molecule has 0 unspecified atom stereocenters. The summed E-state index contributed by atoms with van der Waals surface area (Å²) in [7, 11) is 0. The zero-order valence-corrected chi connectivity index (χ0v) is 16.2. The van der Waals surface area contributed by atoms with Gasteiger partial charge in [-0.3, -0.25) is 4.90 Å². The molecule has 0 spiro atoms. The molecule has 1 N–H and O–H groups in total. The molecule has 4 heteroatoms. The summed E-state index contributed by atoms with van der Waals surface area (Å²) >= 11 is 6.09. The molecule has 0 radical (unpaired) electrons. The first-order valence-electron chi connectivity index (χ1n) is 9.47. The predicted molar refractivity (Wildman–Crippen MR) is 107 cm³/mol. The molecular formula is C22H28ClNO2. The monoisotopic (exact) mass is 373 g/mol. The van der Waals surface area contributed by atoms with E-state index >= 15 is 0 Å². The molecule has 1 aliphatic heterocycles. The third-order valence-corrected chi connectivity index (χ3v) is 5.55. The molecule has 0 aliphatic carbocycles. The van der Waals surface area contributed by atoms with Crippen LogP contribution in [-0.2, 0) is 10.3 Å². The number of nitrogens with zero attached hydrogens (tertiary/aromatic N) is 1. The quantitative estimate of drug-likeness (QED) is 0.778. The van der Waals surface area contributed by atoms with Crippen molar-refractivity contribution in [2.45, 2.75) is 31.3 Å². The van der Waals surface area contributed by atoms with Gasteiger partial charge >= 0.3 is 0 Å². The summed E-state index contributed by atoms with van der Waals surface area (Å²) in [5.74, 6) is -0.0112. The summed E-state index contributed by atoms with van der Waals surface area (Å²) < 4.78 is 5.50. The van der Waals surface area contributed by atoms with Gasteiger partial charge in [-0.05, 0) is 29.7 Å². The van der Waals surface area contributed by atoms with E-state index in [0.29, 0.717) is 11.4 Å². The Morgan fingerprint density at radius 2 is 1.73 bits per heavy atom. The molecule has 1 aliphatic rings. The van der Waals surface area contributed by atoms with E-state index in [-0.39, 0.29) is 5.92 Å². The molecule has 1 heterocycles. The Morgan fingerprint density at radius 3 is 2.35 bits per heavy atom. The van der Waals surface area contributed by atoms with Crippen molar-refractivity contribution in [3.8, 4) is 0 Å². The molecule has 0 amide bonds. The molecule has 140 valence electrons. The smallest absolute Gasteiger partial charge is 0.0976 e. The Bertz CT molecular complexity index is 670. The zero-order chi connectivity index (χ0) is 18.4. The van der Waals surface area contributed by atoms with E-state index in [2.05, 4.69) is 36.1 Å². The van der Waals surface area contributed by atoms with Crippen molar-refractivity contribution >= 4 is 11.6 Å². The van der Waals surface area contributed by atoms with Crippen LogP contribution in [0.15, 0.2) is 54.6 Å². The highest BCUT2D eigenvalue weighted by Crippen LogP contribution is 2.41. The third kappa shape index (κ3) is 4.47. The molecule has 0 aromatic heterocycles. The number of morpholine rings is 1. The van der Waals surface area contributed by atoms with Crippen molar-refractivity contribution in [2.75, 3.05) is 32.8 Å². The van der Waals surface area contributed by atoms with E-state index in [0.717, 1.165) is 44.8 Å². The minimum atomic E-state index is -0.932. The van der Waals surface area contributed by atoms with Gasteiger partial charge in [-0.25, -0.2) is 0 Å². The number of ether oxygens (including phenoxy) is 1. The van der Waals surface area contributed by atoms with Crippen molar-refractivity contribution in [3.63, 3.8) is 0 Å². The normalized spacial score (nSPS) is 19.0. The number of hydrogen-bond acceptors (Lipinski definition) is 3. The summed E-state index contributed by atoms with van der Waals surface area (Å²) in [5.41, 5.74) is 1.18. The molecule has 2 atom stereocenters. The highest BCUT2D eigenvalue weighted by molar-refractivity contribution is 6.30. The fraction of sp³-hybridized carbons (Fsp3) is 0.455. The Morgan fingerprint density at radius 1 is 1.08 bits per heavy atom. The fourth-order valence-electron chi connectivity index (χ4n) is 3.90. The lowest BCUT2D eigenvalue weighted by Crippen LogP contribution is -2.45. The van der Waals surface area contributed by atoms with E-state index < -0.39 is 5.60 Å². The van der Waals surface area contributed by atoms with Gasteiger partial charge in [0.2, 0.25) is 0 Å². The number of halogens is 1. The summed E-state index contributed by atoms with van der Waals surface area (Å²) in [6, 6.07) is 18.1. The second-order valence-electron chi connectivity index (χ2n) is 7.06. The van der Waals surface area contributed by atoms with Crippen molar-refractivity contribution in [1.82, 2.24) is 4.90 Å². The van der Waals surface area contributed by atoms with E-state index in [4.69, 9.17) is 16.3 Å². The highest BCUT2D eigenvalue weighted by Gasteiger charge is 2.39. The molecule has 0 saturated carbocycles. The first kappa shape index (κ1) is 19.4. The van der Waals surface area contributed by atoms with E-state index in [1.165, 1.54) is 5.56 Å². The number of hydrogen-bond donors (Lipinski definition) is 1.